The molecule has 0 fully saturated rings. The highest BCUT2D eigenvalue weighted by Crippen LogP contribution is 2.28. The molecule has 7 heteroatoms. The maximum absolute atomic E-state index is 12.1. The number of nitrogens with zero attached hydrogens (tertiary/aromatic N) is 2. The maximum atomic E-state index is 12.1. The molecule has 0 unspecified atom stereocenters. The molecule has 1 amide bonds. The molecular weight excluding hydrogens is 370 g/mol. The normalized spacial score (nSPS) is 14.1. The Labute approximate surface area is 163 Å². The van der Waals surface area contributed by atoms with E-state index in [4.69, 9.17) is 16.3 Å². The smallest absolute Gasteiger partial charge is 0.226 e. The van der Waals surface area contributed by atoms with Crippen LogP contribution in [0.5, 0.6) is 5.75 Å². The number of fused-ring (bicyclic) bond motifs is 1. The largest absolute Gasteiger partial charge is 0.494 e. The van der Waals surface area contributed by atoms with Gasteiger partial charge in [0, 0.05) is 35.8 Å². The van der Waals surface area contributed by atoms with Gasteiger partial charge in [-0.1, -0.05) is 18.5 Å². The van der Waals surface area contributed by atoms with Crippen molar-refractivity contribution >= 4 is 34.0 Å². The van der Waals surface area contributed by atoms with Crippen LogP contribution in [0.4, 0.5) is 5.13 Å². The lowest BCUT2D eigenvalue weighted by Crippen LogP contribution is -2.29. The van der Waals surface area contributed by atoms with Crippen LogP contribution in [0.1, 0.15) is 35.9 Å². The number of aryl methyl sites for hydroxylation is 1. The molecule has 0 radical (unpaired) electrons. The highest BCUT2D eigenvalue weighted by atomic mass is 35.5. The number of hydrogen-bond donors (Lipinski definition) is 1. The summed E-state index contributed by atoms with van der Waals surface area (Å²) in [7, 11) is 0. The molecule has 140 valence electrons. The molecule has 1 aromatic carbocycles. The van der Waals surface area contributed by atoms with Crippen molar-refractivity contribution < 1.29 is 9.53 Å². The van der Waals surface area contributed by atoms with E-state index in [0.29, 0.717) is 24.6 Å². The second kappa shape index (κ2) is 8.84. The van der Waals surface area contributed by atoms with Crippen molar-refractivity contribution in [2.24, 2.45) is 0 Å². The molecule has 1 aromatic heterocycles. The Balaban J connectivity index is 1.42. The number of amides is 1. The number of hydrogen-bond acceptors (Lipinski definition) is 5. The molecule has 1 aliphatic heterocycles. The number of nitrogens with one attached hydrogen (secondary N) is 1. The second-order valence-electron chi connectivity index (χ2n) is 6.42. The Morgan fingerprint density at radius 2 is 2.31 bits per heavy atom. The van der Waals surface area contributed by atoms with Crippen molar-refractivity contribution in [3.05, 3.63) is 39.4 Å². The molecule has 26 heavy (non-hydrogen) atoms. The standard InChI is InChI=1S/C19H24ClN3O2S/c1-3-23-9-8-16-17(12-23)26-19(21-16)22-18(24)5-4-10-25-14-6-7-15(20)13(2)11-14/h6-7,11H,3-5,8-10,12H2,1-2H3,(H,21,22,24). The van der Waals surface area contributed by atoms with Crippen molar-refractivity contribution in [2.45, 2.75) is 39.7 Å². The van der Waals surface area contributed by atoms with Gasteiger partial charge in [-0.25, -0.2) is 4.98 Å². The summed E-state index contributed by atoms with van der Waals surface area (Å²) >= 11 is 7.59. The van der Waals surface area contributed by atoms with E-state index in [9.17, 15) is 4.79 Å². The number of halogens is 1. The van der Waals surface area contributed by atoms with Gasteiger partial charge in [-0.3, -0.25) is 9.69 Å². The molecule has 0 saturated heterocycles. The Bertz CT molecular complexity index is 778. The zero-order valence-electron chi connectivity index (χ0n) is 15.2. The average molecular weight is 394 g/mol. The van der Waals surface area contributed by atoms with Crippen molar-refractivity contribution in [1.82, 2.24) is 9.88 Å². The molecule has 5 nitrogen and oxygen atoms in total. The van der Waals surface area contributed by atoms with Crippen LogP contribution < -0.4 is 10.1 Å². The molecule has 1 N–H and O–H groups in total. The summed E-state index contributed by atoms with van der Waals surface area (Å²) in [6, 6.07) is 5.57. The van der Waals surface area contributed by atoms with Gasteiger partial charge >= 0.3 is 0 Å². The predicted molar refractivity (Wildman–Crippen MR) is 106 cm³/mol. The first-order chi connectivity index (χ1) is 12.5. The van der Waals surface area contributed by atoms with Gasteiger partial charge in [0.2, 0.25) is 5.91 Å². The molecule has 1 aliphatic rings. The average Bonchev–Trinajstić information content (AvgIpc) is 3.02. The number of aromatic nitrogens is 1. The fourth-order valence-electron chi connectivity index (χ4n) is 2.88. The number of carbonyl (C=O) groups excluding carboxylic acids is 1. The molecule has 0 atom stereocenters. The van der Waals surface area contributed by atoms with Crippen LogP contribution in [0, 0.1) is 6.92 Å². The first kappa shape index (κ1) is 19.1. The Hall–Kier alpha value is -1.63. The Kier molecular flexibility index (Phi) is 6.51. The molecule has 0 bridgehead atoms. The molecule has 0 saturated carbocycles. The van der Waals surface area contributed by atoms with Crippen LogP contribution in [0.2, 0.25) is 5.02 Å². The Morgan fingerprint density at radius 3 is 3.08 bits per heavy atom. The van der Waals surface area contributed by atoms with E-state index in [1.165, 1.54) is 4.88 Å². The van der Waals surface area contributed by atoms with E-state index in [0.717, 1.165) is 48.1 Å². The summed E-state index contributed by atoms with van der Waals surface area (Å²) in [5, 5.41) is 4.37. The van der Waals surface area contributed by atoms with Crippen LogP contribution in [0.3, 0.4) is 0 Å². The summed E-state index contributed by atoms with van der Waals surface area (Å²) in [5.74, 6) is 0.764. The fourth-order valence-corrected chi connectivity index (χ4v) is 4.07. The number of rotatable bonds is 7. The van der Waals surface area contributed by atoms with Crippen LogP contribution >= 0.6 is 22.9 Å². The van der Waals surface area contributed by atoms with Crippen molar-refractivity contribution in [3.8, 4) is 5.75 Å². The van der Waals surface area contributed by atoms with E-state index in [1.807, 2.05) is 25.1 Å². The maximum Gasteiger partial charge on any atom is 0.226 e. The monoisotopic (exact) mass is 393 g/mol. The number of ether oxygens (including phenoxy) is 1. The zero-order chi connectivity index (χ0) is 18.5. The lowest BCUT2D eigenvalue weighted by atomic mass is 10.2. The number of carbonyl (C=O) groups is 1. The lowest BCUT2D eigenvalue weighted by Gasteiger charge is -2.23. The third-order valence-corrected chi connectivity index (χ3v) is 5.87. The van der Waals surface area contributed by atoms with Crippen molar-refractivity contribution in [3.63, 3.8) is 0 Å². The zero-order valence-corrected chi connectivity index (χ0v) is 16.8. The molecule has 2 heterocycles. The minimum atomic E-state index is -0.0145. The van der Waals surface area contributed by atoms with E-state index >= 15 is 0 Å². The topological polar surface area (TPSA) is 54.5 Å². The minimum Gasteiger partial charge on any atom is -0.494 e. The van der Waals surface area contributed by atoms with Crippen LogP contribution in [-0.2, 0) is 17.8 Å². The van der Waals surface area contributed by atoms with E-state index in [1.54, 1.807) is 11.3 Å². The van der Waals surface area contributed by atoms with Gasteiger partial charge in [0.25, 0.3) is 0 Å². The van der Waals surface area contributed by atoms with Gasteiger partial charge in [0.15, 0.2) is 5.13 Å². The van der Waals surface area contributed by atoms with Crippen LogP contribution in [-0.4, -0.2) is 35.5 Å². The summed E-state index contributed by atoms with van der Waals surface area (Å²) < 4.78 is 5.68. The summed E-state index contributed by atoms with van der Waals surface area (Å²) in [6.45, 7) is 7.63. The quantitative estimate of drug-likeness (QED) is 0.713. The molecule has 0 aliphatic carbocycles. The third-order valence-electron chi connectivity index (χ3n) is 4.45. The van der Waals surface area contributed by atoms with Crippen LogP contribution in [0.15, 0.2) is 18.2 Å². The van der Waals surface area contributed by atoms with Gasteiger partial charge in [0.1, 0.15) is 5.75 Å². The van der Waals surface area contributed by atoms with Crippen molar-refractivity contribution in [2.75, 3.05) is 25.0 Å². The molecular formula is C19H24ClN3O2S. The second-order valence-corrected chi connectivity index (χ2v) is 7.91. The van der Waals surface area contributed by atoms with Gasteiger partial charge in [0.05, 0.1) is 12.3 Å². The first-order valence-corrected chi connectivity index (χ1v) is 10.1. The number of likely N-dealkylation sites (N-methyl/N-ethyl adjacent to an activating group) is 1. The highest BCUT2D eigenvalue weighted by molar-refractivity contribution is 7.15. The fraction of sp³-hybridized carbons (Fsp3) is 0.474. The molecule has 2 aromatic rings. The summed E-state index contributed by atoms with van der Waals surface area (Å²) in [6.07, 6.45) is 2.03. The van der Waals surface area contributed by atoms with Gasteiger partial charge < -0.3 is 10.1 Å². The first-order valence-electron chi connectivity index (χ1n) is 8.95. The predicted octanol–water partition coefficient (Wildman–Crippen LogP) is 4.28. The summed E-state index contributed by atoms with van der Waals surface area (Å²) in [4.78, 5) is 20.4. The highest BCUT2D eigenvalue weighted by Gasteiger charge is 2.20. The number of thiazole rings is 1. The van der Waals surface area contributed by atoms with Crippen molar-refractivity contribution in [1.29, 1.82) is 0 Å². The third kappa shape index (κ3) is 4.96. The molecule has 0 spiro atoms. The van der Waals surface area contributed by atoms with E-state index in [-0.39, 0.29) is 5.91 Å². The number of anilines is 1. The van der Waals surface area contributed by atoms with Gasteiger partial charge in [-0.05, 0) is 43.7 Å². The van der Waals surface area contributed by atoms with Gasteiger partial charge in [-0.15, -0.1) is 11.3 Å². The minimum absolute atomic E-state index is 0.0145. The lowest BCUT2D eigenvalue weighted by molar-refractivity contribution is -0.116. The number of benzene rings is 1. The van der Waals surface area contributed by atoms with E-state index in [2.05, 4.69) is 22.1 Å². The Morgan fingerprint density at radius 1 is 1.46 bits per heavy atom. The van der Waals surface area contributed by atoms with E-state index < -0.39 is 0 Å². The summed E-state index contributed by atoms with van der Waals surface area (Å²) in [5.41, 5.74) is 2.12. The van der Waals surface area contributed by atoms with Crippen LogP contribution in [0.25, 0.3) is 0 Å². The van der Waals surface area contributed by atoms with Gasteiger partial charge in [-0.2, -0.15) is 0 Å². The molecule has 3 rings (SSSR count). The SMILES string of the molecule is CCN1CCc2nc(NC(=O)CCCOc3ccc(Cl)c(C)c3)sc2C1.